The van der Waals surface area contributed by atoms with Gasteiger partial charge in [-0.2, -0.15) is 0 Å². The molecule has 1 aliphatic rings. The number of esters is 2. The Hall–Kier alpha value is -2.11. The lowest BCUT2D eigenvalue weighted by Gasteiger charge is -2.20. The minimum absolute atomic E-state index is 0.127. The van der Waals surface area contributed by atoms with Crippen molar-refractivity contribution >= 4 is 19.8 Å². The molecular weight excluding hydrogens is 711 g/mol. The standard InChI is InChI=1S/C42H73O11P/c1-3-5-7-9-11-12-13-14-15-16-17-18-19-23-28-32-42(46)52-38(36-51-54(47,48)50-34-37(44)33-43)35-49-41(45)31-27-24-20-22-26-30-40-39(53-40)29-25-21-10-8-6-4-2/h11-12,14-15,17-18,21,25,37-40,43-44H,3-10,13,16,19-20,22-24,26-36H2,1-2H3,(H,47,48)/b12-11-,15-14-,18-17-,25-21-/t37-,38+,39?,40?/m0/s1. The number of unbranched alkanes of at least 4 members (excludes halogenated alkanes) is 12. The Labute approximate surface area is 326 Å². The lowest BCUT2D eigenvalue weighted by molar-refractivity contribution is -0.161. The predicted molar refractivity (Wildman–Crippen MR) is 214 cm³/mol. The minimum atomic E-state index is -4.63. The molecule has 1 aliphatic heterocycles. The number of ether oxygens (including phenoxy) is 3. The highest BCUT2D eigenvalue weighted by Crippen LogP contribution is 2.43. The third-order valence-electron chi connectivity index (χ3n) is 8.88. The van der Waals surface area contributed by atoms with Crippen LogP contribution in [0.5, 0.6) is 0 Å². The summed E-state index contributed by atoms with van der Waals surface area (Å²) in [6.07, 6.45) is 36.7. The molecule has 0 aromatic carbocycles. The minimum Gasteiger partial charge on any atom is -0.462 e. The molecule has 1 rings (SSSR count). The molecule has 5 atom stereocenters. The molecule has 3 N–H and O–H groups in total. The van der Waals surface area contributed by atoms with Crippen LogP contribution in [-0.2, 0) is 37.4 Å². The van der Waals surface area contributed by atoms with Gasteiger partial charge in [0.05, 0.1) is 32.0 Å². The number of hydrogen-bond acceptors (Lipinski definition) is 10. The Morgan fingerprint density at radius 1 is 0.667 bits per heavy atom. The van der Waals surface area contributed by atoms with Gasteiger partial charge in [-0.25, -0.2) is 4.57 Å². The van der Waals surface area contributed by atoms with E-state index < -0.39 is 51.8 Å². The lowest BCUT2D eigenvalue weighted by atomic mass is 10.1. The smallest absolute Gasteiger partial charge is 0.462 e. The Kier molecular flexibility index (Phi) is 31.6. The van der Waals surface area contributed by atoms with Crippen LogP contribution < -0.4 is 0 Å². The fraction of sp³-hybridized carbons (Fsp3) is 0.762. The SMILES string of the molecule is CCCCC/C=C\C/C=C\C/C=C\CCCCC(=O)O[C@H](COC(=O)CCCCCCCC1OC1C/C=C\CCCCC)COP(=O)(O)OC[C@@H](O)CO. The average molecular weight is 785 g/mol. The van der Waals surface area contributed by atoms with Gasteiger partial charge < -0.3 is 29.3 Å². The Morgan fingerprint density at radius 2 is 1.20 bits per heavy atom. The van der Waals surface area contributed by atoms with Crippen molar-refractivity contribution in [1.29, 1.82) is 0 Å². The van der Waals surface area contributed by atoms with Gasteiger partial charge in [0.1, 0.15) is 12.7 Å². The van der Waals surface area contributed by atoms with Crippen LogP contribution in [0.4, 0.5) is 0 Å². The van der Waals surface area contributed by atoms with E-state index in [4.69, 9.17) is 23.8 Å². The number of carbonyl (C=O) groups is 2. The molecule has 0 aromatic rings. The van der Waals surface area contributed by atoms with Crippen LogP contribution in [0.15, 0.2) is 48.6 Å². The van der Waals surface area contributed by atoms with Crippen LogP contribution in [-0.4, -0.2) is 77.9 Å². The zero-order valence-electron chi connectivity index (χ0n) is 33.4. The van der Waals surface area contributed by atoms with Crippen molar-refractivity contribution in [3.05, 3.63) is 48.6 Å². The van der Waals surface area contributed by atoms with Crippen LogP contribution in [0.3, 0.4) is 0 Å². The van der Waals surface area contributed by atoms with E-state index in [0.29, 0.717) is 25.0 Å². The summed E-state index contributed by atoms with van der Waals surface area (Å²) < 4.78 is 38.4. The highest BCUT2D eigenvalue weighted by Gasteiger charge is 2.36. The van der Waals surface area contributed by atoms with Gasteiger partial charge in [0, 0.05) is 12.8 Å². The highest BCUT2D eigenvalue weighted by atomic mass is 31.2. The summed E-state index contributed by atoms with van der Waals surface area (Å²) in [6, 6.07) is 0. The first kappa shape index (κ1) is 49.9. The topological polar surface area (TPSA) is 161 Å². The summed E-state index contributed by atoms with van der Waals surface area (Å²) in [6.45, 7) is 2.23. The number of phosphoric acid groups is 1. The first-order chi connectivity index (χ1) is 26.2. The van der Waals surface area contributed by atoms with E-state index in [-0.39, 0.29) is 19.4 Å². The van der Waals surface area contributed by atoms with Crippen molar-refractivity contribution in [3.63, 3.8) is 0 Å². The van der Waals surface area contributed by atoms with Crippen LogP contribution in [0.25, 0.3) is 0 Å². The van der Waals surface area contributed by atoms with Gasteiger partial charge in [0.2, 0.25) is 0 Å². The van der Waals surface area contributed by atoms with Crippen molar-refractivity contribution in [2.75, 3.05) is 26.4 Å². The number of hydrogen-bond donors (Lipinski definition) is 3. The molecule has 1 saturated heterocycles. The molecule has 0 aliphatic carbocycles. The van der Waals surface area contributed by atoms with Gasteiger partial charge in [-0.3, -0.25) is 18.6 Å². The highest BCUT2D eigenvalue weighted by molar-refractivity contribution is 7.47. The monoisotopic (exact) mass is 784 g/mol. The van der Waals surface area contributed by atoms with E-state index in [1.807, 2.05) is 0 Å². The van der Waals surface area contributed by atoms with Crippen molar-refractivity contribution in [3.8, 4) is 0 Å². The predicted octanol–water partition coefficient (Wildman–Crippen LogP) is 9.54. The van der Waals surface area contributed by atoms with E-state index in [9.17, 15) is 24.2 Å². The molecular formula is C42H73O11P. The number of allylic oxidation sites excluding steroid dienone is 7. The molecule has 0 amide bonds. The van der Waals surface area contributed by atoms with Crippen molar-refractivity contribution in [1.82, 2.24) is 0 Å². The second-order valence-corrected chi connectivity index (χ2v) is 15.5. The summed E-state index contributed by atoms with van der Waals surface area (Å²) >= 11 is 0. The molecule has 1 fully saturated rings. The lowest BCUT2D eigenvalue weighted by Crippen LogP contribution is -2.29. The molecule has 1 heterocycles. The zero-order chi connectivity index (χ0) is 39.5. The molecule has 0 aromatic heterocycles. The molecule has 312 valence electrons. The molecule has 0 bridgehead atoms. The second kappa shape index (κ2) is 34.2. The summed E-state index contributed by atoms with van der Waals surface area (Å²) in [5, 5.41) is 18.3. The maximum absolute atomic E-state index is 12.6. The van der Waals surface area contributed by atoms with E-state index in [2.05, 4.69) is 67.0 Å². The second-order valence-electron chi connectivity index (χ2n) is 14.0. The van der Waals surface area contributed by atoms with E-state index in [1.54, 1.807) is 0 Å². The van der Waals surface area contributed by atoms with Crippen LogP contribution in [0, 0.1) is 0 Å². The fourth-order valence-corrected chi connectivity index (χ4v) is 6.32. The summed E-state index contributed by atoms with van der Waals surface area (Å²) in [5.41, 5.74) is 0. The molecule has 11 nitrogen and oxygen atoms in total. The van der Waals surface area contributed by atoms with Gasteiger partial charge in [-0.15, -0.1) is 0 Å². The van der Waals surface area contributed by atoms with Crippen molar-refractivity contribution < 1.29 is 52.5 Å². The van der Waals surface area contributed by atoms with Gasteiger partial charge in [0.25, 0.3) is 0 Å². The quantitative estimate of drug-likeness (QED) is 0.0181. The number of aliphatic hydroxyl groups is 2. The van der Waals surface area contributed by atoms with E-state index in [0.717, 1.165) is 77.0 Å². The molecule has 0 spiro atoms. The Morgan fingerprint density at radius 3 is 1.85 bits per heavy atom. The summed E-state index contributed by atoms with van der Waals surface area (Å²) in [7, 11) is -4.63. The molecule has 12 heteroatoms. The number of epoxide rings is 1. The molecule has 0 radical (unpaired) electrons. The molecule has 3 unspecified atom stereocenters. The first-order valence-corrected chi connectivity index (χ1v) is 22.2. The summed E-state index contributed by atoms with van der Waals surface area (Å²) in [4.78, 5) is 35.0. The largest absolute Gasteiger partial charge is 0.472 e. The van der Waals surface area contributed by atoms with E-state index >= 15 is 0 Å². The summed E-state index contributed by atoms with van der Waals surface area (Å²) in [5.74, 6) is -0.997. The normalized spacial score (nSPS) is 18.2. The van der Waals surface area contributed by atoms with Crippen LogP contribution in [0.2, 0.25) is 0 Å². The van der Waals surface area contributed by atoms with Crippen LogP contribution in [0.1, 0.15) is 155 Å². The van der Waals surface area contributed by atoms with Crippen molar-refractivity contribution in [2.45, 2.75) is 180 Å². The maximum atomic E-state index is 12.6. The van der Waals surface area contributed by atoms with E-state index in [1.165, 1.54) is 38.5 Å². The third kappa shape index (κ3) is 31.1. The Balaban J connectivity index is 2.31. The van der Waals surface area contributed by atoms with Gasteiger partial charge in [-0.05, 0) is 77.0 Å². The third-order valence-corrected chi connectivity index (χ3v) is 9.83. The van der Waals surface area contributed by atoms with Gasteiger partial charge in [0.15, 0.2) is 6.10 Å². The fourth-order valence-electron chi connectivity index (χ4n) is 5.53. The zero-order valence-corrected chi connectivity index (χ0v) is 34.3. The number of aliphatic hydroxyl groups excluding tert-OH is 2. The number of phosphoric ester groups is 1. The Bertz CT molecular complexity index is 1110. The van der Waals surface area contributed by atoms with Gasteiger partial charge in [-0.1, -0.05) is 114 Å². The average Bonchev–Trinajstić information content (AvgIpc) is 3.92. The van der Waals surface area contributed by atoms with Crippen LogP contribution >= 0.6 is 7.82 Å². The number of rotatable bonds is 37. The van der Waals surface area contributed by atoms with Gasteiger partial charge >= 0.3 is 19.8 Å². The number of carbonyl (C=O) groups excluding carboxylic acids is 2. The maximum Gasteiger partial charge on any atom is 0.472 e. The first-order valence-electron chi connectivity index (χ1n) is 20.7. The molecule has 54 heavy (non-hydrogen) atoms. The molecule has 0 saturated carbocycles. The van der Waals surface area contributed by atoms with Crippen molar-refractivity contribution in [2.24, 2.45) is 0 Å².